The third-order valence-corrected chi connectivity index (χ3v) is 4.57. The SMILES string of the molecule is Cc1nc2ncnn2c(NCCCN2C(=O)COc3ccccc32)c1C. The summed E-state index contributed by atoms with van der Waals surface area (Å²) in [4.78, 5) is 22.6. The number of nitrogens with one attached hydrogen (secondary N) is 1. The molecule has 134 valence electrons. The summed E-state index contributed by atoms with van der Waals surface area (Å²) in [6.45, 7) is 5.38. The van der Waals surface area contributed by atoms with Gasteiger partial charge in [-0.1, -0.05) is 12.1 Å². The van der Waals surface area contributed by atoms with Crippen molar-refractivity contribution in [3.8, 4) is 5.75 Å². The molecule has 2 aromatic heterocycles. The molecule has 8 nitrogen and oxygen atoms in total. The van der Waals surface area contributed by atoms with E-state index >= 15 is 0 Å². The van der Waals surface area contributed by atoms with Crippen molar-refractivity contribution in [2.75, 3.05) is 29.9 Å². The van der Waals surface area contributed by atoms with E-state index in [0.717, 1.165) is 34.9 Å². The smallest absolute Gasteiger partial charge is 0.265 e. The largest absolute Gasteiger partial charge is 0.482 e. The second-order valence-electron chi connectivity index (χ2n) is 6.22. The molecule has 1 aliphatic heterocycles. The highest BCUT2D eigenvalue weighted by molar-refractivity contribution is 5.97. The average molecular weight is 352 g/mol. The third kappa shape index (κ3) is 2.83. The molecule has 0 spiro atoms. The number of nitrogens with zero attached hydrogens (tertiary/aromatic N) is 5. The van der Waals surface area contributed by atoms with Gasteiger partial charge < -0.3 is 15.0 Å². The summed E-state index contributed by atoms with van der Waals surface area (Å²) in [5.74, 6) is 2.20. The van der Waals surface area contributed by atoms with Crippen LogP contribution in [-0.4, -0.2) is 45.2 Å². The van der Waals surface area contributed by atoms with Crippen molar-refractivity contribution in [3.63, 3.8) is 0 Å². The lowest BCUT2D eigenvalue weighted by atomic mass is 10.2. The summed E-state index contributed by atoms with van der Waals surface area (Å²) in [6.07, 6.45) is 2.28. The number of carbonyl (C=O) groups excluding carboxylic acids is 1. The Kier molecular flexibility index (Phi) is 4.16. The van der Waals surface area contributed by atoms with Crippen LogP contribution in [0.25, 0.3) is 5.78 Å². The van der Waals surface area contributed by atoms with Gasteiger partial charge in [-0.3, -0.25) is 4.79 Å². The number of hydrogen-bond donors (Lipinski definition) is 1. The van der Waals surface area contributed by atoms with Crippen molar-refractivity contribution in [3.05, 3.63) is 41.9 Å². The number of hydrogen-bond acceptors (Lipinski definition) is 6. The van der Waals surface area contributed by atoms with E-state index in [1.807, 2.05) is 38.1 Å². The Morgan fingerprint density at radius 3 is 3.00 bits per heavy atom. The molecule has 0 saturated carbocycles. The molecule has 3 heterocycles. The van der Waals surface area contributed by atoms with Crippen LogP contribution in [0, 0.1) is 13.8 Å². The van der Waals surface area contributed by atoms with Gasteiger partial charge in [0, 0.05) is 24.3 Å². The van der Waals surface area contributed by atoms with Crippen LogP contribution in [0.4, 0.5) is 11.5 Å². The molecule has 1 N–H and O–H groups in total. The molecule has 1 aromatic carbocycles. The molecule has 0 bridgehead atoms. The zero-order valence-corrected chi connectivity index (χ0v) is 14.8. The molecule has 26 heavy (non-hydrogen) atoms. The number of para-hydroxylation sites is 2. The van der Waals surface area contributed by atoms with Gasteiger partial charge in [0.25, 0.3) is 11.7 Å². The van der Waals surface area contributed by atoms with E-state index in [0.29, 0.717) is 18.9 Å². The van der Waals surface area contributed by atoms with E-state index in [9.17, 15) is 4.79 Å². The van der Waals surface area contributed by atoms with Crippen molar-refractivity contribution in [1.82, 2.24) is 19.6 Å². The van der Waals surface area contributed by atoms with Gasteiger partial charge in [-0.05, 0) is 32.4 Å². The monoisotopic (exact) mass is 352 g/mol. The standard InChI is InChI=1S/C18H20N6O2/c1-12-13(2)22-18-20-11-21-24(18)17(12)19-8-5-9-23-14-6-3-4-7-15(14)26-10-16(23)25/h3-4,6-7,11,19H,5,8-10H2,1-2H3. The number of fused-ring (bicyclic) bond motifs is 2. The van der Waals surface area contributed by atoms with Crippen LogP contribution in [0.3, 0.4) is 0 Å². The lowest BCUT2D eigenvalue weighted by Crippen LogP contribution is -2.39. The molecule has 3 aromatic rings. The number of ether oxygens (including phenoxy) is 1. The highest BCUT2D eigenvalue weighted by Gasteiger charge is 2.24. The first-order valence-corrected chi connectivity index (χ1v) is 8.58. The quantitative estimate of drug-likeness (QED) is 0.707. The Morgan fingerprint density at radius 1 is 1.27 bits per heavy atom. The molecule has 0 unspecified atom stereocenters. The van der Waals surface area contributed by atoms with Crippen LogP contribution in [0.15, 0.2) is 30.6 Å². The molecular formula is C18H20N6O2. The average Bonchev–Trinajstić information content (AvgIpc) is 3.10. The number of aromatic nitrogens is 4. The summed E-state index contributed by atoms with van der Waals surface area (Å²) in [5, 5.41) is 7.64. The van der Waals surface area contributed by atoms with Crippen molar-refractivity contribution in [1.29, 1.82) is 0 Å². The van der Waals surface area contributed by atoms with E-state index in [1.54, 1.807) is 9.42 Å². The van der Waals surface area contributed by atoms with E-state index in [2.05, 4.69) is 20.4 Å². The van der Waals surface area contributed by atoms with Crippen LogP contribution in [0.5, 0.6) is 5.75 Å². The fraction of sp³-hybridized carbons (Fsp3) is 0.333. The summed E-state index contributed by atoms with van der Waals surface area (Å²) >= 11 is 0. The van der Waals surface area contributed by atoms with Crippen LogP contribution in [0.1, 0.15) is 17.7 Å². The second-order valence-corrected chi connectivity index (χ2v) is 6.22. The van der Waals surface area contributed by atoms with E-state index in [1.165, 1.54) is 6.33 Å². The number of anilines is 2. The lowest BCUT2D eigenvalue weighted by Gasteiger charge is -2.29. The predicted octanol–water partition coefficient (Wildman–Crippen LogP) is 1.97. The van der Waals surface area contributed by atoms with Gasteiger partial charge in [-0.25, -0.2) is 4.98 Å². The normalized spacial score (nSPS) is 13.6. The molecule has 0 radical (unpaired) electrons. The molecular weight excluding hydrogens is 332 g/mol. The van der Waals surface area contributed by atoms with Gasteiger partial charge >= 0.3 is 0 Å². The Balaban J connectivity index is 1.44. The minimum atomic E-state index is -0.0155. The van der Waals surface area contributed by atoms with Gasteiger partial charge in [0.2, 0.25) is 0 Å². The second kappa shape index (κ2) is 6.62. The Bertz CT molecular complexity index is 967. The van der Waals surface area contributed by atoms with Gasteiger partial charge in [0.15, 0.2) is 6.61 Å². The molecule has 0 aliphatic carbocycles. The minimum absolute atomic E-state index is 0.0155. The van der Waals surface area contributed by atoms with E-state index in [-0.39, 0.29) is 12.5 Å². The maximum atomic E-state index is 12.2. The van der Waals surface area contributed by atoms with E-state index in [4.69, 9.17) is 4.74 Å². The first-order valence-electron chi connectivity index (χ1n) is 8.58. The fourth-order valence-electron chi connectivity index (χ4n) is 3.08. The maximum Gasteiger partial charge on any atom is 0.265 e. The highest BCUT2D eigenvalue weighted by atomic mass is 16.5. The third-order valence-electron chi connectivity index (χ3n) is 4.57. The zero-order valence-electron chi connectivity index (χ0n) is 14.8. The molecule has 4 rings (SSSR count). The summed E-state index contributed by atoms with van der Waals surface area (Å²) in [7, 11) is 0. The van der Waals surface area contributed by atoms with Gasteiger partial charge in [0.1, 0.15) is 17.9 Å². The van der Waals surface area contributed by atoms with Crippen molar-refractivity contribution >= 4 is 23.2 Å². The predicted molar refractivity (Wildman–Crippen MR) is 97.7 cm³/mol. The van der Waals surface area contributed by atoms with Crippen molar-refractivity contribution in [2.24, 2.45) is 0 Å². The van der Waals surface area contributed by atoms with Gasteiger partial charge in [-0.15, -0.1) is 0 Å². The van der Waals surface area contributed by atoms with Gasteiger partial charge in [-0.2, -0.15) is 14.6 Å². The van der Waals surface area contributed by atoms with Gasteiger partial charge in [0.05, 0.1) is 5.69 Å². The lowest BCUT2D eigenvalue weighted by molar-refractivity contribution is -0.121. The first kappa shape index (κ1) is 16.3. The van der Waals surface area contributed by atoms with Crippen LogP contribution in [0.2, 0.25) is 0 Å². The van der Waals surface area contributed by atoms with Crippen molar-refractivity contribution < 1.29 is 9.53 Å². The Labute approximate surface area is 150 Å². The van der Waals surface area contributed by atoms with E-state index < -0.39 is 0 Å². The molecule has 0 saturated heterocycles. The summed E-state index contributed by atoms with van der Waals surface area (Å²) in [5.41, 5.74) is 2.79. The Hall–Kier alpha value is -3.16. The van der Waals surface area contributed by atoms with Crippen LogP contribution >= 0.6 is 0 Å². The number of benzene rings is 1. The fourth-order valence-corrected chi connectivity index (χ4v) is 3.08. The van der Waals surface area contributed by atoms with Crippen LogP contribution in [-0.2, 0) is 4.79 Å². The molecule has 0 atom stereocenters. The minimum Gasteiger partial charge on any atom is -0.482 e. The Morgan fingerprint density at radius 2 is 2.12 bits per heavy atom. The molecule has 1 amide bonds. The number of rotatable bonds is 5. The summed E-state index contributed by atoms with van der Waals surface area (Å²) in [6, 6.07) is 7.62. The number of carbonyl (C=O) groups is 1. The highest BCUT2D eigenvalue weighted by Crippen LogP contribution is 2.31. The number of aryl methyl sites for hydroxylation is 1. The summed E-state index contributed by atoms with van der Waals surface area (Å²) < 4.78 is 7.18. The molecule has 8 heteroatoms. The first-order chi connectivity index (χ1) is 12.6. The zero-order chi connectivity index (χ0) is 18.1. The van der Waals surface area contributed by atoms with Crippen molar-refractivity contribution in [2.45, 2.75) is 20.3 Å². The molecule has 0 fully saturated rings. The topological polar surface area (TPSA) is 84.7 Å². The molecule has 1 aliphatic rings. The number of amides is 1. The van der Waals surface area contributed by atoms with Crippen LogP contribution < -0.4 is 15.0 Å². The maximum absolute atomic E-state index is 12.2.